The van der Waals surface area contributed by atoms with Crippen molar-refractivity contribution in [3.8, 4) is 5.75 Å². The summed E-state index contributed by atoms with van der Waals surface area (Å²) < 4.78 is 11.8. The van der Waals surface area contributed by atoms with Crippen LogP contribution in [0.3, 0.4) is 0 Å². The summed E-state index contributed by atoms with van der Waals surface area (Å²) in [6.07, 6.45) is -0.619. The zero-order valence-electron chi connectivity index (χ0n) is 16.2. The number of carbonyl (C=O) groups excluding carboxylic acids is 1. The molecular formula is C24H23NO3. The number of anilines is 1. The molecule has 0 aliphatic rings. The molecule has 0 fully saturated rings. The summed E-state index contributed by atoms with van der Waals surface area (Å²) in [4.78, 5) is 12.6. The van der Waals surface area contributed by atoms with Crippen LogP contribution < -0.4 is 10.1 Å². The van der Waals surface area contributed by atoms with E-state index in [0.717, 1.165) is 33.3 Å². The van der Waals surface area contributed by atoms with Gasteiger partial charge in [0.05, 0.1) is 0 Å². The highest BCUT2D eigenvalue weighted by atomic mass is 16.5. The van der Waals surface area contributed by atoms with Crippen molar-refractivity contribution in [1.82, 2.24) is 0 Å². The molecule has 1 heterocycles. The summed E-state index contributed by atoms with van der Waals surface area (Å²) in [6, 6.07) is 21.4. The number of furan rings is 1. The van der Waals surface area contributed by atoms with Crippen LogP contribution in [0.15, 0.2) is 71.1 Å². The molecule has 0 unspecified atom stereocenters. The van der Waals surface area contributed by atoms with E-state index < -0.39 is 6.10 Å². The molecule has 0 saturated heterocycles. The number of ether oxygens (including phenoxy) is 1. The van der Waals surface area contributed by atoms with Gasteiger partial charge in [-0.25, -0.2) is 0 Å². The molecule has 4 aromatic rings. The van der Waals surface area contributed by atoms with E-state index in [4.69, 9.17) is 9.15 Å². The second-order valence-electron chi connectivity index (χ2n) is 7.25. The van der Waals surface area contributed by atoms with Gasteiger partial charge in [-0.3, -0.25) is 4.79 Å². The van der Waals surface area contributed by atoms with Crippen LogP contribution in [-0.4, -0.2) is 12.0 Å². The summed E-state index contributed by atoms with van der Waals surface area (Å²) in [6.45, 7) is 5.97. The van der Waals surface area contributed by atoms with E-state index >= 15 is 0 Å². The second-order valence-corrected chi connectivity index (χ2v) is 7.25. The van der Waals surface area contributed by atoms with Crippen molar-refractivity contribution in [3.63, 3.8) is 0 Å². The third-order valence-corrected chi connectivity index (χ3v) is 4.86. The van der Waals surface area contributed by atoms with Crippen molar-refractivity contribution < 1.29 is 13.9 Å². The Morgan fingerprint density at radius 3 is 2.43 bits per heavy atom. The summed E-state index contributed by atoms with van der Waals surface area (Å²) in [5.41, 5.74) is 3.36. The number of nitrogens with one attached hydrogen (secondary N) is 1. The van der Waals surface area contributed by atoms with E-state index in [2.05, 4.69) is 19.2 Å². The SMILES string of the molecule is CC(C)c1ccccc1O[C@@H](C)C(=O)Nc1ccc2c(c1)oc1ccccc12. The third-order valence-electron chi connectivity index (χ3n) is 4.86. The molecule has 0 bridgehead atoms. The highest BCUT2D eigenvalue weighted by Crippen LogP contribution is 2.31. The number of para-hydroxylation sites is 2. The lowest BCUT2D eigenvalue weighted by molar-refractivity contribution is -0.122. The van der Waals surface area contributed by atoms with Crippen LogP contribution in [0.25, 0.3) is 21.9 Å². The molecule has 1 N–H and O–H groups in total. The van der Waals surface area contributed by atoms with Crippen molar-refractivity contribution in [1.29, 1.82) is 0 Å². The van der Waals surface area contributed by atoms with Crippen LogP contribution in [0.5, 0.6) is 5.75 Å². The van der Waals surface area contributed by atoms with Gasteiger partial charge in [-0.05, 0) is 42.7 Å². The van der Waals surface area contributed by atoms with Crippen molar-refractivity contribution in [2.24, 2.45) is 0 Å². The minimum absolute atomic E-state index is 0.200. The normalized spacial score (nSPS) is 12.4. The van der Waals surface area contributed by atoms with Crippen LogP contribution in [-0.2, 0) is 4.79 Å². The van der Waals surface area contributed by atoms with Gasteiger partial charge in [0.15, 0.2) is 6.10 Å². The predicted octanol–water partition coefficient (Wildman–Crippen LogP) is 6.12. The Hall–Kier alpha value is -3.27. The van der Waals surface area contributed by atoms with Crippen LogP contribution in [0.2, 0.25) is 0 Å². The molecule has 4 nitrogen and oxygen atoms in total. The first-order chi connectivity index (χ1) is 13.5. The van der Waals surface area contributed by atoms with Gasteiger partial charge in [-0.2, -0.15) is 0 Å². The molecule has 0 aliphatic heterocycles. The van der Waals surface area contributed by atoms with Crippen molar-refractivity contribution in [3.05, 3.63) is 72.3 Å². The maximum absolute atomic E-state index is 12.6. The first kappa shape index (κ1) is 18.1. The Morgan fingerprint density at radius 1 is 0.893 bits per heavy atom. The molecule has 4 heteroatoms. The van der Waals surface area contributed by atoms with Crippen molar-refractivity contribution >= 4 is 33.5 Å². The highest BCUT2D eigenvalue weighted by molar-refractivity contribution is 6.06. The van der Waals surface area contributed by atoms with Crippen LogP contribution in [0.4, 0.5) is 5.69 Å². The number of hydrogen-bond donors (Lipinski definition) is 1. The predicted molar refractivity (Wildman–Crippen MR) is 113 cm³/mol. The molecule has 1 aromatic heterocycles. The molecule has 1 amide bonds. The number of benzene rings is 3. The summed E-state index contributed by atoms with van der Waals surface area (Å²) >= 11 is 0. The van der Waals surface area contributed by atoms with E-state index in [1.54, 1.807) is 6.92 Å². The maximum atomic E-state index is 12.6. The molecule has 0 aliphatic carbocycles. The molecule has 3 aromatic carbocycles. The van der Waals surface area contributed by atoms with Gasteiger partial charge in [-0.15, -0.1) is 0 Å². The quantitative estimate of drug-likeness (QED) is 0.459. The topological polar surface area (TPSA) is 51.5 Å². The van der Waals surface area contributed by atoms with Crippen molar-refractivity contribution in [2.45, 2.75) is 32.8 Å². The Kier molecular flexibility index (Phi) is 4.78. The fraction of sp³-hybridized carbons (Fsp3) is 0.208. The first-order valence-corrected chi connectivity index (χ1v) is 9.50. The molecule has 142 valence electrons. The smallest absolute Gasteiger partial charge is 0.265 e. The second kappa shape index (κ2) is 7.39. The number of carbonyl (C=O) groups is 1. The number of fused-ring (bicyclic) bond motifs is 3. The molecule has 0 spiro atoms. The van der Waals surface area contributed by atoms with E-state index in [1.807, 2.05) is 66.7 Å². The number of rotatable bonds is 5. The standard InChI is InChI=1S/C24H23NO3/c1-15(2)18-8-4-6-10-21(18)27-16(3)24(26)25-17-12-13-20-19-9-5-7-11-22(19)28-23(20)14-17/h4-16H,1-3H3,(H,25,26)/t16-/m0/s1. The summed E-state index contributed by atoms with van der Waals surface area (Å²) in [5.74, 6) is 0.865. The Balaban J connectivity index is 1.52. The molecule has 0 radical (unpaired) electrons. The minimum Gasteiger partial charge on any atom is -0.481 e. The Morgan fingerprint density at radius 2 is 1.61 bits per heavy atom. The molecule has 28 heavy (non-hydrogen) atoms. The van der Waals surface area contributed by atoms with E-state index in [0.29, 0.717) is 11.6 Å². The monoisotopic (exact) mass is 373 g/mol. The fourth-order valence-electron chi connectivity index (χ4n) is 3.36. The van der Waals surface area contributed by atoms with Crippen molar-refractivity contribution in [2.75, 3.05) is 5.32 Å². The largest absolute Gasteiger partial charge is 0.481 e. The van der Waals surface area contributed by atoms with E-state index in [9.17, 15) is 4.79 Å². The van der Waals surface area contributed by atoms with Gasteiger partial charge < -0.3 is 14.5 Å². The molecule has 4 rings (SSSR count). The molecule has 0 saturated carbocycles. The van der Waals surface area contributed by atoms with Gasteiger partial charge in [0, 0.05) is 22.5 Å². The lowest BCUT2D eigenvalue weighted by Gasteiger charge is -2.18. The minimum atomic E-state index is -0.619. The average molecular weight is 373 g/mol. The summed E-state index contributed by atoms with van der Waals surface area (Å²) in [5, 5.41) is 5.02. The Bertz CT molecular complexity index is 1140. The van der Waals surface area contributed by atoms with Crippen LogP contribution in [0.1, 0.15) is 32.3 Å². The van der Waals surface area contributed by atoms with E-state index in [1.165, 1.54) is 0 Å². The van der Waals surface area contributed by atoms with Crippen LogP contribution >= 0.6 is 0 Å². The lowest BCUT2D eigenvalue weighted by atomic mass is 10.0. The molecule has 1 atom stereocenters. The fourth-order valence-corrected chi connectivity index (χ4v) is 3.36. The number of amides is 1. The average Bonchev–Trinajstić information content (AvgIpc) is 3.06. The zero-order valence-corrected chi connectivity index (χ0v) is 16.2. The maximum Gasteiger partial charge on any atom is 0.265 e. The van der Waals surface area contributed by atoms with Gasteiger partial charge in [0.2, 0.25) is 0 Å². The van der Waals surface area contributed by atoms with E-state index in [-0.39, 0.29) is 5.91 Å². The highest BCUT2D eigenvalue weighted by Gasteiger charge is 2.18. The summed E-state index contributed by atoms with van der Waals surface area (Å²) in [7, 11) is 0. The van der Waals surface area contributed by atoms with Gasteiger partial charge >= 0.3 is 0 Å². The Labute approximate surface area is 164 Å². The third kappa shape index (κ3) is 3.46. The van der Waals surface area contributed by atoms with Gasteiger partial charge in [0.1, 0.15) is 16.9 Å². The zero-order chi connectivity index (χ0) is 19.7. The van der Waals surface area contributed by atoms with Gasteiger partial charge in [0.25, 0.3) is 5.91 Å². The number of hydrogen-bond acceptors (Lipinski definition) is 3. The van der Waals surface area contributed by atoms with Gasteiger partial charge in [-0.1, -0.05) is 50.2 Å². The van der Waals surface area contributed by atoms with Crippen LogP contribution in [0, 0.1) is 0 Å². The molecular weight excluding hydrogens is 350 g/mol. The first-order valence-electron chi connectivity index (χ1n) is 9.50. The lowest BCUT2D eigenvalue weighted by Crippen LogP contribution is -2.30.